The molecule has 2 N–H and O–H groups in total. The number of fused-ring (bicyclic) bond motifs is 1. The lowest BCUT2D eigenvalue weighted by molar-refractivity contribution is -0.141. The molecule has 1 unspecified atom stereocenters. The molecule has 6 nitrogen and oxygen atoms in total. The summed E-state index contributed by atoms with van der Waals surface area (Å²) in [4.78, 5) is 26.2. The van der Waals surface area contributed by atoms with Crippen LogP contribution in [0.2, 0.25) is 0 Å². The number of hydrogen-bond acceptors (Lipinski definition) is 4. The van der Waals surface area contributed by atoms with Crippen LogP contribution < -0.4 is 10.1 Å². The highest BCUT2D eigenvalue weighted by Crippen LogP contribution is 2.32. The Morgan fingerprint density at radius 3 is 2.95 bits per heavy atom. The predicted molar refractivity (Wildman–Crippen MR) is 81.4 cm³/mol. The van der Waals surface area contributed by atoms with Crippen LogP contribution in [0, 0.1) is 0 Å². The summed E-state index contributed by atoms with van der Waals surface area (Å²) in [7, 11) is 0. The number of benzene rings is 1. The molecule has 22 heavy (non-hydrogen) atoms. The summed E-state index contributed by atoms with van der Waals surface area (Å²) in [6, 6.07) is 6.37. The van der Waals surface area contributed by atoms with Crippen molar-refractivity contribution in [3.63, 3.8) is 0 Å². The lowest BCUT2D eigenvalue weighted by atomic mass is 10.0. The number of aliphatic hydroxyl groups is 1. The summed E-state index contributed by atoms with van der Waals surface area (Å²) in [5.41, 5.74) is 0.649. The van der Waals surface area contributed by atoms with Gasteiger partial charge in [0.15, 0.2) is 6.61 Å². The summed E-state index contributed by atoms with van der Waals surface area (Å²) in [6.07, 6.45) is 1.86. The van der Waals surface area contributed by atoms with Gasteiger partial charge in [0.25, 0.3) is 5.91 Å². The fourth-order valence-electron chi connectivity index (χ4n) is 2.50. The molecule has 0 spiro atoms. The molecular formula is C16H22N2O4. The maximum atomic E-state index is 12.6. The van der Waals surface area contributed by atoms with Crippen molar-refractivity contribution >= 4 is 11.8 Å². The minimum absolute atomic E-state index is 0.0996. The van der Waals surface area contributed by atoms with Crippen molar-refractivity contribution in [2.45, 2.75) is 25.8 Å². The summed E-state index contributed by atoms with van der Waals surface area (Å²) < 4.78 is 5.49. The number of rotatable bonds is 6. The Hall–Kier alpha value is -2.08. The number of β-amino-alcohol motifs (C(OH)–C–C–N with tert-alkyl or cyclic N) is 1. The van der Waals surface area contributed by atoms with E-state index in [0.717, 1.165) is 12.8 Å². The number of nitrogens with one attached hydrogen (secondary N) is 1. The zero-order valence-corrected chi connectivity index (χ0v) is 12.7. The molecule has 6 heteroatoms. The van der Waals surface area contributed by atoms with Crippen molar-refractivity contribution in [3.05, 3.63) is 29.8 Å². The van der Waals surface area contributed by atoms with Gasteiger partial charge in [-0.15, -0.1) is 0 Å². The fraction of sp³-hybridized carbons (Fsp3) is 0.500. The molecule has 0 saturated carbocycles. The van der Waals surface area contributed by atoms with E-state index < -0.39 is 6.04 Å². The molecule has 2 rings (SSSR count). The van der Waals surface area contributed by atoms with Gasteiger partial charge in [0.05, 0.1) is 6.61 Å². The highest BCUT2D eigenvalue weighted by atomic mass is 16.5. The Morgan fingerprint density at radius 2 is 2.23 bits per heavy atom. The molecule has 0 bridgehead atoms. The normalized spacial score (nSPS) is 17.5. The zero-order chi connectivity index (χ0) is 15.9. The average Bonchev–Trinajstić information content (AvgIpc) is 2.66. The molecule has 120 valence electrons. The number of carbonyl (C=O) groups is 2. The molecule has 0 saturated heterocycles. The Kier molecular flexibility index (Phi) is 5.77. The van der Waals surface area contributed by atoms with Gasteiger partial charge in [-0.2, -0.15) is 0 Å². The van der Waals surface area contributed by atoms with Crippen LogP contribution in [-0.2, 0) is 9.59 Å². The minimum atomic E-state index is -0.768. The molecule has 1 aliphatic rings. The lowest BCUT2D eigenvalue weighted by Crippen LogP contribution is -2.45. The highest BCUT2D eigenvalue weighted by molar-refractivity contribution is 5.90. The summed E-state index contributed by atoms with van der Waals surface area (Å²) in [6.45, 7) is 2.38. The summed E-state index contributed by atoms with van der Waals surface area (Å²) >= 11 is 0. The quantitative estimate of drug-likeness (QED) is 0.764. The van der Waals surface area contributed by atoms with E-state index in [0.29, 0.717) is 17.9 Å². The standard InChI is InChI=1S/C16H22N2O4/c1-2-3-8-17-16(21)15-12-6-4-5-7-13(12)22-11-14(20)18(15)9-10-19/h4-7,15,19H,2-3,8-11H2,1H3,(H,17,21). The first-order chi connectivity index (χ1) is 10.7. The number of hydrogen-bond donors (Lipinski definition) is 2. The molecule has 2 amide bonds. The largest absolute Gasteiger partial charge is 0.483 e. The van der Waals surface area contributed by atoms with E-state index in [4.69, 9.17) is 4.74 Å². The third-order valence-corrected chi connectivity index (χ3v) is 3.62. The molecule has 0 fully saturated rings. The van der Waals surface area contributed by atoms with Crippen molar-refractivity contribution in [1.29, 1.82) is 0 Å². The van der Waals surface area contributed by atoms with E-state index in [1.807, 2.05) is 6.92 Å². The van der Waals surface area contributed by atoms with Gasteiger partial charge in [-0.25, -0.2) is 0 Å². The smallest absolute Gasteiger partial charge is 0.261 e. The number of carbonyl (C=O) groups excluding carboxylic acids is 2. The van der Waals surface area contributed by atoms with E-state index in [9.17, 15) is 14.7 Å². The molecule has 1 aliphatic heterocycles. The van der Waals surface area contributed by atoms with Gasteiger partial charge in [0.1, 0.15) is 11.8 Å². The van der Waals surface area contributed by atoms with Gasteiger partial charge in [0.2, 0.25) is 5.91 Å². The molecular weight excluding hydrogens is 284 g/mol. The second kappa shape index (κ2) is 7.79. The first-order valence-corrected chi connectivity index (χ1v) is 7.58. The van der Waals surface area contributed by atoms with E-state index in [1.54, 1.807) is 24.3 Å². The van der Waals surface area contributed by atoms with Crippen LogP contribution >= 0.6 is 0 Å². The van der Waals surface area contributed by atoms with Crippen molar-refractivity contribution < 1.29 is 19.4 Å². The van der Waals surface area contributed by atoms with Gasteiger partial charge in [-0.3, -0.25) is 9.59 Å². The first kappa shape index (κ1) is 16.3. The van der Waals surface area contributed by atoms with Crippen LogP contribution in [0.1, 0.15) is 31.4 Å². The molecule has 1 heterocycles. The topological polar surface area (TPSA) is 78.9 Å². The molecule has 0 aromatic heterocycles. The van der Waals surface area contributed by atoms with E-state index in [-0.39, 0.29) is 31.6 Å². The van der Waals surface area contributed by atoms with E-state index in [1.165, 1.54) is 4.90 Å². The van der Waals surface area contributed by atoms with Crippen molar-refractivity contribution in [1.82, 2.24) is 10.2 Å². The van der Waals surface area contributed by atoms with Crippen LogP contribution in [0.15, 0.2) is 24.3 Å². The van der Waals surface area contributed by atoms with Crippen LogP contribution in [0.5, 0.6) is 5.75 Å². The maximum Gasteiger partial charge on any atom is 0.261 e. The number of ether oxygens (including phenoxy) is 1. The molecule has 0 radical (unpaired) electrons. The molecule has 1 aromatic carbocycles. The number of unbranched alkanes of at least 4 members (excludes halogenated alkanes) is 1. The van der Waals surface area contributed by atoms with Crippen molar-refractivity contribution in [2.24, 2.45) is 0 Å². The predicted octanol–water partition coefficient (Wildman–Crippen LogP) is 0.857. The molecule has 1 aromatic rings. The number of nitrogens with zero attached hydrogens (tertiary/aromatic N) is 1. The molecule has 1 atom stereocenters. The summed E-state index contributed by atoms with van der Waals surface area (Å²) in [5, 5.41) is 12.1. The third kappa shape index (κ3) is 3.57. The van der Waals surface area contributed by atoms with Crippen molar-refractivity contribution in [2.75, 3.05) is 26.3 Å². The van der Waals surface area contributed by atoms with Gasteiger partial charge in [-0.1, -0.05) is 31.5 Å². The fourth-order valence-corrected chi connectivity index (χ4v) is 2.50. The van der Waals surface area contributed by atoms with Crippen LogP contribution in [-0.4, -0.2) is 48.1 Å². The average molecular weight is 306 g/mol. The Morgan fingerprint density at radius 1 is 1.45 bits per heavy atom. The SMILES string of the molecule is CCCCNC(=O)C1c2ccccc2OCC(=O)N1CCO. The third-order valence-electron chi connectivity index (χ3n) is 3.62. The van der Waals surface area contributed by atoms with Crippen LogP contribution in [0.3, 0.4) is 0 Å². The maximum absolute atomic E-state index is 12.6. The van der Waals surface area contributed by atoms with Crippen molar-refractivity contribution in [3.8, 4) is 5.75 Å². The first-order valence-electron chi connectivity index (χ1n) is 7.58. The minimum Gasteiger partial charge on any atom is -0.483 e. The lowest BCUT2D eigenvalue weighted by Gasteiger charge is -2.28. The number of aliphatic hydroxyl groups excluding tert-OH is 1. The molecule has 0 aliphatic carbocycles. The Bertz CT molecular complexity index is 533. The van der Waals surface area contributed by atoms with Gasteiger partial charge < -0.3 is 20.1 Å². The second-order valence-corrected chi connectivity index (χ2v) is 5.18. The second-order valence-electron chi connectivity index (χ2n) is 5.18. The Labute approximate surface area is 130 Å². The Balaban J connectivity index is 2.32. The monoisotopic (exact) mass is 306 g/mol. The van der Waals surface area contributed by atoms with Gasteiger partial charge in [-0.05, 0) is 12.5 Å². The van der Waals surface area contributed by atoms with E-state index in [2.05, 4.69) is 5.32 Å². The number of amides is 2. The van der Waals surface area contributed by atoms with Gasteiger partial charge in [0, 0.05) is 18.7 Å². The van der Waals surface area contributed by atoms with E-state index >= 15 is 0 Å². The number of para-hydroxylation sites is 1. The van der Waals surface area contributed by atoms with Crippen LogP contribution in [0.4, 0.5) is 0 Å². The highest BCUT2D eigenvalue weighted by Gasteiger charge is 2.35. The van der Waals surface area contributed by atoms with Crippen LogP contribution in [0.25, 0.3) is 0 Å². The zero-order valence-electron chi connectivity index (χ0n) is 12.7. The summed E-state index contributed by atoms with van der Waals surface area (Å²) in [5.74, 6) is -0.0129. The van der Waals surface area contributed by atoms with Gasteiger partial charge >= 0.3 is 0 Å².